The molecule has 1 heterocycles. The molecule has 0 aliphatic rings. The Labute approximate surface area is 93.0 Å². The minimum absolute atomic E-state index is 0.0672. The molecule has 0 radical (unpaired) electrons. The van der Waals surface area contributed by atoms with Gasteiger partial charge in [-0.15, -0.1) is 0 Å². The monoisotopic (exact) mass is 216 g/mol. The predicted molar refractivity (Wildman–Crippen MR) is 60.2 cm³/mol. The zero-order chi connectivity index (χ0) is 11.5. The molecule has 0 unspecified atom stereocenters. The van der Waals surface area contributed by atoms with Gasteiger partial charge in [-0.05, 0) is 13.0 Å². The Hall–Kier alpha value is -1.97. The third-order valence-electron chi connectivity index (χ3n) is 2.40. The molecular formula is C12H12N2O2. The SMILES string of the molecule is Cc1nc(CCC(=O)O)nc2ccccc12. The molecule has 16 heavy (non-hydrogen) atoms. The molecule has 0 spiro atoms. The molecule has 0 aliphatic carbocycles. The first-order chi connectivity index (χ1) is 7.66. The van der Waals surface area contributed by atoms with Crippen LogP contribution in [0.3, 0.4) is 0 Å². The number of carboxylic acids is 1. The molecule has 2 aromatic rings. The second-order valence-corrected chi connectivity index (χ2v) is 3.64. The van der Waals surface area contributed by atoms with Crippen molar-refractivity contribution in [3.05, 3.63) is 35.8 Å². The Bertz CT molecular complexity index is 538. The van der Waals surface area contributed by atoms with Gasteiger partial charge in [0, 0.05) is 17.5 Å². The number of nitrogens with zero attached hydrogens (tertiary/aromatic N) is 2. The van der Waals surface area contributed by atoms with Gasteiger partial charge in [-0.1, -0.05) is 18.2 Å². The first-order valence-electron chi connectivity index (χ1n) is 5.11. The molecule has 1 aromatic carbocycles. The maximum atomic E-state index is 10.5. The van der Waals surface area contributed by atoms with Crippen LogP contribution in [0.25, 0.3) is 10.9 Å². The average molecular weight is 216 g/mol. The van der Waals surface area contributed by atoms with E-state index in [2.05, 4.69) is 9.97 Å². The van der Waals surface area contributed by atoms with Gasteiger partial charge in [-0.25, -0.2) is 9.97 Å². The summed E-state index contributed by atoms with van der Waals surface area (Å²) in [5.74, 6) is -0.229. The minimum Gasteiger partial charge on any atom is -0.481 e. The molecule has 1 aromatic heterocycles. The second kappa shape index (κ2) is 4.26. The fourth-order valence-corrected chi connectivity index (χ4v) is 1.63. The topological polar surface area (TPSA) is 63.1 Å². The highest BCUT2D eigenvalue weighted by Gasteiger charge is 2.05. The highest BCUT2D eigenvalue weighted by Crippen LogP contribution is 2.14. The summed E-state index contributed by atoms with van der Waals surface area (Å²) in [6, 6.07) is 7.73. The number of rotatable bonds is 3. The van der Waals surface area contributed by atoms with Crippen LogP contribution in [0, 0.1) is 6.92 Å². The Balaban J connectivity index is 2.38. The minimum atomic E-state index is -0.825. The number of hydrogen-bond donors (Lipinski definition) is 1. The molecule has 0 bridgehead atoms. The fourth-order valence-electron chi connectivity index (χ4n) is 1.63. The zero-order valence-corrected chi connectivity index (χ0v) is 8.97. The number of para-hydroxylation sites is 1. The van der Waals surface area contributed by atoms with E-state index in [9.17, 15) is 4.79 Å². The van der Waals surface area contributed by atoms with Crippen LogP contribution in [0.1, 0.15) is 17.9 Å². The van der Waals surface area contributed by atoms with E-state index in [-0.39, 0.29) is 6.42 Å². The Kier molecular flexibility index (Phi) is 2.81. The van der Waals surface area contributed by atoms with Crippen LogP contribution >= 0.6 is 0 Å². The van der Waals surface area contributed by atoms with Crippen LogP contribution in [0.15, 0.2) is 24.3 Å². The highest BCUT2D eigenvalue weighted by atomic mass is 16.4. The molecule has 0 amide bonds. The molecule has 4 nitrogen and oxygen atoms in total. The van der Waals surface area contributed by atoms with E-state index in [0.29, 0.717) is 12.2 Å². The van der Waals surface area contributed by atoms with Gasteiger partial charge in [-0.2, -0.15) is 0 Å². The number of aryl methyl sites for hydroxylation is 2. The highest BCUT2D eigenvalue weighted by molar-refractivity contribution is 5.80. The molecule has 4 heteroatoms. The lowest BCUT2D eigenvalue weighted by Gasteiger charge is -2.04. The van der Waals surface area contributed by atoms with Gasteiger partial charge in [-0.3, -0.25) is 4.79 Å². The summed E-state index contributed by atoms with van der Waals surface area (Å²) in [5.41, 5.74) is 1.77. The number of fused-ring (bicyclic) bond motifs is 1. The maximum absolute atomic E-state index is 10.5. The van der Waals surface area contributed by atoms with Crippen molar-refractivity contribution < 1.29 is 9.90 Å². The van der Waals surface area contributed by atoms with Gasteiger partial charge in [0.25, 0.3) is 0 Å². The Morgan fingerprint density at radius 3 is 2.81 bits per heavy atom. The van der Waals surface area contributed by atoms with Crippen molar-refractivity contribution in [2.75, 3.05) is 0 Å². The molecule has 82 valence electrons. The van der Waals surface area contributed by atoms with Crippen LogP contribution in [0.5, 0.6) is 0 Å². The van der Waals surface area contributed by atoms with E-state index in [0.717, 1.165) is 16.6 Å². The average Bonchev–Trinajstić information content (AvgIpc) is 2.26. The van der Waals surface area contributed by atoms with Gasteiger partial charge in [0.1, 0.15) is 5.82 Å². The molecule has 0 saturated heterocycles. The third kappa shape index (κ3) is 2.16. The number of carbonyl (C=O) groups is 1. The van der Waals surface area contributed by atoms with Crippen molar-refractivity contribution in [3.63, 3.8) is 0 Å². The van der Waals surface area contributed by atoms with E-state index in [1.807, 2.05) is 31.2 Å². The Morgan fingerprint density at radius 2 is 2.06 bits per heavy atom. The summed E-state index contributed by atoms with van der Waals surface area (Å²) < 4.78 is 0. The number of aromatic nitrogens is 2. The number of carboxylic acid groups (broad SMARTS) is 1. The zero-order valence-electron chi connectivity index (χ0n) is 8.97. The maximum Gasteiger partial charge on any atom is 0.303 e. The number of benzene rings is 1. The van der Waals surface area contributed by atoms with Crippen LogP contribution in [-0.4, -0.2) is 21.0 Å². The van der Waals surface area contributed by atoms with E-state index >= 15 is 0 Å². The van der Waals surface area contributed by atoms with Gasteiger partial charge < -0.3 is 5.11 Å². The number of aliphatic carboxylic acids is 1. The van der Waals surface area contributed by atoms with Crippen LogP contribution in [0.4, 0.5) is 0 Å². The Morgan fingerprint density at radius 1 is 1.31 bits per heavy atom. The molecule has 0 atom stereocenters. The van der Waals surface area contributed by atoms with Gasteiger partial charge in [0.2, 0.25) is 0 Å². The van der Waals surface area contributed by atoms with Crippen molar-refractivity contribution in [1.82, 2.24) is 9.97 Å². The molecule has 2 rings (SSSR count). The second-order valence-electron chi connectivity index (χ2n) is 3.64. The van der Waals surface area contributed by atoms with Crippen molar-refractivity contribution in [3.8, 4) is 0 Å². The van der Waals surface area contributed by atoms with E-state index in [1.165, 1.54) is 0 Å². The summed E-state index contributed by atoms with van der Waals surface area (Å²) in [6.45, 7) is 1.91. The van der Waals surface area contributed by atoms with Gasteiger partial charge in [0.15, 0.2) is 0 Å². The fraction of sp³-hybridized carbons (Fsp3) is 0.250. The van der Waals surface area contributed by atoms with E-state index in [1.54, 1.807) is 0 Å². The van der Waals surface area contributed by atoms with E-state index < -0.39 is 5.97 Å². The lowest BCUT2D eigenvalue weighted by Crippen LogP contribution is -2.03. The summed E-state index contributed by atoms with van der Waals surface area (Å²) in [6.07, 6.45) is 0.443. The standard InChI is InChI=1S/C12H12N2O2/c1-8-9-4-2-3-5-10(9)14-11(13-8)6-7-12(15)16/h2-5H,6-7H2,1H3,(H,15,16). The van der Waals surface area contributed by atoms with Crippen LogP contribution in [0.2, 0.25) is 0 Å². The number of hydrogen-bond acceptors (Lipinski definition) is 3. The van der Waals surface area contributed by atoms with Crippen molar-refractivity contribution in [2.45, 2.75) is 19.8 Å². The largest absolute Gasteiger partial charge is 0.481 e. The lowest BCUT2D eigenvalue weighted by molar-refractivity contribution is -0.137. The van der Waals surface area contributed by atoms with Crippen molar-refractivity contribution >= 4 is 16.9 Å². The molecule has 0 saturated carbocycles. The third-order valence-corrected chi connectivity index (χ3v) is 2.40. The molecular weight excluding hydrogens is 204 g/mol. The molecule has 1 N–H and O–H groups in total. The summed E-state index contributed by atoms with van der Waals surface area (Å²) >= 11 is 0. The first-order valence-corrected chi connectivity index (χ1v) is 5.11. The van der Waals surface area contributed by atoms with Crippen molar-refractivity contribution in [1.29, 1.82) is 0 Å². The normalized spacial score (nSPS) is 10.6. The summed E-state index contributed by atoms with van der Waals surface area (Å²) in [7, 11) is 0. The quantitative estimate of drug-likeness (QED) is 0.851. The van der Waals surface area contributed by atoms with Gasteiger partial charge >= 0.3 is 5.97 Å². The summed E-state index contributed by atoms with van der Waals surface area (Å²) in [5, 5.41) is 9.62. The lowest BCUT2D eigenvalue weighted by atomic mass is 10.2. The first kappa shape index (κ1) is 10.5. The smallest absolute Gasteiger partial charge is 0.303 e. The van der Waals surface area contributed by atoms with Crippen molar-refractivity contribution in [2.24, 2.45) is 0 Å². The van der Waals surface area contributed by atoms with Gasteiger partial charge in [0.05, 0.1) is 11.9 Å². The van der Waals surface area contributed by atoms with E-state index in [4.69, 9.17) is 5.11 Å². The predicted octanol–water partition coefficient (Wildman–Crippen LogP) is 1.96. The summed E-state index contributed by atoms with van der Waals surface area (Å²) in [4.78, 5) is 19.1. The molecule has 0 fully saturated rings. The van der Waals surface area contributed by atoms with Crippen LogP contribution < -0.4 is 0 Å². The van der Waals surface area contributed by atoms with Crippen LogP contribution in [-0.2, 0) is 11.2 Å². The molecule has 0 aliphatic heterocycles.